The molecule has 2 aromatic heterocycles. The quantitative estimate of drug-likeness (QED) is 0.782. The third-order valence-corrected chi connectivity index (χ3v) is 4.72. The van der Waals surface area contributed by atoms with Crippen molar-refractivity contribution in [2.75, 3.05) is 20.3 Å². The van der Waals surface area contributed by atoms with Gasteiger partial charge in [0.25, 0.3) is 0 Å². The topological polar surface area (TPSA) is 42.3 Å². The van der Waals surface area contributed by atoms with Crippen molar-refractivity contribution in [2.24, 2.45) is 0 Å². The molecule has 0 aliphatic carbocycles. The fraction of sp³-hybridized carbons (Fsp3) is 0.444. The summed E-state index contributed by atoms with van der Waals surface area (Å²) in [6, 6.07) is 10.5. The summed E-state index contributed by atoms with van der Waals surface area (Å²) in [4.78, 5) is 6.84. The van der Waals surface area contributed by atoms with Gasteiger partial charge in [0.2, 0.25) is 0 Å². The first-order valence-corrected chi connectivity index (χ1v) is 8.79. The average molecular weight is 344 g/mol. The Labute approximate surface area is 148 Å². The number of rotatable bonds is 7. The minimum absolute atomic E-state index is 0.0569. The molecule has 1 saturated heterocycles. The van der Waals surface area contributed by atoms with Gasteiger partial charge in [0.1, 0.15) is 0 Å². The van der Waals surface area contributed by atoms with Crippen LogP contribution >= 0.6 is 12.2 Å². The van der Waals surface area contributed by atoms with E-state index in [9.17, 15) is 0 Å². The van der Waals surface area contributed by atoms with E-state index < -0.39 is 0 Å². The summed E-state index contributed by atoms with van der Waals surface area (Å²) in [5.74, 6) is 0. The summed E-state index contributed by atoms with van der Waals surface area (Å²) in [7, 11) is 1.73. The first-order valence-electron chi connectivity index (χ1n) is 8.38. The number of pyridine rings is 1. The second-order valence-corrected chi connectivity index (χ2v) is 6.33. The van der Waals surface area contributed by atoms with Gasteiger partial charge in [-0.05, 0) is 42.9 Å². The number of nitrogens with zero attached hydrogens (tertiary/aromatic N) is 3. The lowest BCUT2D eigenvalue weighted by molar-refractivity contribution is 0.184. The third-order valence-electron chi connectivity index (χ3n) is 4.37. The molecule has 128 valence electrons. The SMILES string of the molecule is CCCN1C(=S)N[C@@H](c2ccccn2)[C@@H]1c1cccn1CCOC. The number of methoxy groups -OCH3 is 1. The first-order chi connectivity index (χ1) is 11.8. The number of thiocarbonyl (C=S) groups is 1. The molecule has 0 bridgehead atoms. The third kappa shape index (κ3) is 3.30. The lowest BCUT2D eigenvalue weighted by Crippen LogP contribution is -2.31. The molecular weight excluding hydrogens is 320 g/mol. The Morgan fingerprint density at radius 3 is 2.83 bits per heavy atom. The molecule has 0 radical (unpaired) electrons. The number of aromatic nitrogens is 2. The van der Waals surface area contributed by atoms with Crippen molar-refractivity contribution < 1.29 is 4.74 Å². The Balaban J connectivity index is 1.98. The van der Waals surface area contributed by atoms with E-state index in [-0.39, 0.29) is 12.1 Å². The molecule has 1 N–H and O–H groups in total. The van der Waals surface area contributed by atoms with Crippen LogP contribution in [0.1, 0.15) is 36.8 Å². The maximum absolute atomic E-state index is 5.62. The summed E-state index contributed by atoms with van der Waals surface area (Å²) in [6.45, 7) is 4.62. The van der Waals surface area contributed by atoms with Gasteiger partial charge in [-0.3, -0.25) is 4.98 Å². The molecule has 3 heterocycles. The largest absolute Gasteiger partial charge is 0.383 e. The molecule has 24 heavy (non-hydrogen) atoms. The van der Waals surface area contributed by atoms with Crippen molar-refractivity contribution in [3.05, 3.63) is 54.1 Å². The van der Waals surface area contributed by atoms with Crippen LogP contribution in [0, 0.1) is 0 Å². The van der Waals surface area contributed by atoms with Crippen molar-refractivity contribution in [1.82, 2.24) is 19.8 Å². The molecule has 1 fully saturated rings. The maximum atomic E-state index is 5.62. The van der Waals surface area contributed by atoms with Gasteiger partial charge >= 0.3 is 0 Å². The van der Waals surface area contributed by atoms with Crippen molar-refractivity contribution in [2.45, 2.75) is 32.0 Å². The molecule has 1 aliphatic heterocycles. The van der Waals surface area contributed by atoms with E-state index in [1.807, 2.05) is 18.3 Å². The van der Waals surface area contributed by atoms with Crippen molar-refractivity contribution in [3.63, 3.8) is 0 Å². The van der Waals surface area contributed by atoms with Crippen LogP contribution < -0.4 is 5.32 Å². The summed E-state index contributed by atoms with van der Waals surface area (Å²) >= 11 is 5.62. The Bertz CT molecular complexity index is 673. The van der Waals surface area contributed by atoms with Crippen LogP contribution in [-0.4, -0.2) is 39.8 Å². The van der Waals surface area contributed by atoms with E-state index in [4.69, 9.17) is 17.0 Å². The lowest BCUT2D eigenvalue weighted by Gasteiger charge is -2.28. The zero-order chi connectivity index (χ0) is 16.9. The molecule has 6 heteroatoms. The van der Waals surface area contributed by atoms with Crippen LogP contribution in [0.15, 0.2) is 42.7 Å². The lowest BCUT2D eigenvalue weighted by atomic mass is 10.0. The Kier molecular flexibility index (Phi) is 5.48. The first kappa shape index (κ1) is 16.9. The highest BCUT2D eigenvalue weighted by Gasteiger charge is 2.40. The van der Waals surface area contributed by atoms with Gasteiger partial charge in [-0.15, -0.1) is 0 Å². The Morgan fingerprint density at radius 2 is 2.12 bits per heavy atom. The van der Waals surface area contributed by atoms with Gasteiger partial charge in [0.05, 0.1) is 24.4 Å². The molecule has 2 aromatic rings. The normalized spacial score (nSPS) is 20.4. The molecule has 1 aliphatic rings. The smallest absolute Gasteiger partial charge is 0.170 e. The fourth-order valence-electron chi connectivity index (χ4n) is 3.30. The van der Waals surface area contributed by atoms with Crippen molar-refractivity contribution in [3.8, 4) is 0 Å². The second-order valence-electron chi connectivity index (χ2n) is 5.94. The van der Waals surface area contributed by atoms with E-state index >= 15 is 0 Å². The zero-order valence-corrected chi connectivity index (χ0v) is 15.0. The second kappa shape index (κ2) is 7.77. The van der Waals surface area contributed by atoms with Crippen LogP contribution in [0.5, 0.6) is 0 Å². The minimum Gasteiger partial charge on any atom is -0.383 e. The predicted molar refractivity (Wildman–Crippen MR) is 98.8 cm³/mol. The molecule has 0 unspecified atom stereocenters. The molecule has 0 aromatic carbocycles. The van der Waals surface area contributed by atoms with Gasteiger partial charge in [0.15, 0.2) is 5.11 Å². The molecular formula is C18H24N4OS. The summed E-state index contributed by atoms with van der Waals surface area (Å²) in [5.41, 5.74) is 2.26. The molecule has 5 nitrogen and oxygen atoms in total. The van der Waals surface area contributed by atoms with E-state index in [0.29, 0.717) is 6.61 Å². The monoisotopic (exact) mass is 344 g/mol. The maximum Gasteiger partial charge on any atom is 0.170 e. The van der Waals surface area contributed by atoms with Gasteiger partial charge in [-0.1, -0.05) is 13.0 Å². The predicted octanol–water partition coefficient (Wildman–Crippen LogP) is 2.91. The molecule has 0 spiro atoms. The highest BCUT2D eigenvalue weighted by Crippen LogP contribution is 2.38. The molecule has 3 rings (SSSR count). The number of nitrogens with one attached hydrogen (secondary N) is 1. The summed E-state index contributed by atoms with van der Waals surface area (Å²) in [5, 5.41) is 4.28. The number of ether oxygens (including phenoxy) is 1. The summed E-state index contributed by atoms with van der Waals surface area (Å²) in [6.07, 6.45) is 4.99. The Hall–Kier alpha value is -1.92. The van der Waals surface area contributed by atoms with Crippen LogP contribution in [0.4, 0.5) is 0 Å². The number of hydrogen-bond donors (Lipinski definition) is 1. The minimum atomic E-state index is 0.0569. The van der Waals surface area contributed by atoms with E-state index in [0.717, 1.165) is 30.3 Å². The van der Waals surface area contributed by atoms with Crippen LogP contribution in [-0.2, 0) is 11.3 Å². The molecule has 0 amide bonds. The average Bonchev–Trinajstić information content (AvgIpc) is 3.19. The fourth-order valence-corrected chi connectivity index (χ4v) is 3.63. The molecule has 0 saturated carbocycles. The van der Waals surface area contributed by atoms with Crippen LogP contribution in [0.2, 0.25) is 0 Å². The van der Waals surface area contributed by atoms with Gasteiger partial charge < -0.3 is 19.5 Å². The van der Waals surface area contributed by atoms with Gasteiger partial charge in [-0.2, -0.15) is 0 Å². The van der Waals surface area contributed by atoms with E-state index in [1.54, 1.807) is 7.11 Å². The van der Waals surface area contributed by atoms with Crippen LogP contribution in [0.3, 0.4) is 0 Å². The number of hydrogen-bond acceptors (Lipinski definition) is 3. The zero-order valence-electron chi connectivity index (χ0n) is 14.2. The van der Waals surface area contributed by atoms with Crippen molar-refractivity contribution >= 4 is 17.3 Å². The molecule has 2 atom stereocenters. The van der Waals surface area contributed by atoms with Crippen LogP contribution in [0.25, 0.3) is 0 Å². The standard InChI is InChI=1S/C18H24N4OS/c1-3-10-22-17(15-8-6-11-21(15)12-13-23-2)16(20-18(22)24)14-7-4-5-9-19-14/h4-9,11,16-17H,3,10,12-13H2,1-2H3,(H,20,24)/t16-,17-/m0/s1. The summed E-state index contributed by atoms with van der Waals surface area (Å²) < 4.78 is 7.50. The van der Waals surface area contributed by atoms with E-state index in [1.165, 1.54) is 5.69 Å². The van der Waals surface area contributed by atoms with Crippen molar-refractivity contribution in [1.29, 1.82) is 0 Å². The highest BCUT2D eigenvalue weighted by molar-refractivity contribution is 7.80. The van der Waals surface area contributed by atoms with Gasteiger partial charge in [-0.25, -0.2) is 0 Å². The highest BCUT2D eigenvalue weighted by atomic mass is 32.1. The van der Waals surface area contributed by atoms with E-state index in [2.05, 4.69) is 51.1 Å². The van der Waals surface area contributed by atoms with Gasteiger partial charge in [0, 0.05) is 38.3 Å². The Morgan fingerprint density at radius 1 is 1.25 bits per heavy atom.